The number of carbonyl (C=O) groups is 2. The van der Waals surface area contributed by atoms with Gasteiger partial charge in [0.15, 0.2) is 0 Å². The summed E-state index contributed by atoms with van der Waals surface area (Å²) in [5, 5.41) is 2.01. The summed E-state index contributed by atoms with van der Waals surface area (Å²) in [5.74, 6) is -0.354. The molecule has 1 heterocycles. The fraction of sp³-hybridized carbons (Fsp3) is 0.333. The molecule has 0 atom stereocenters. The van der Waals surface area contributed by atoms with Gasteiger partial charge in [0.05, 0.1) is 6.54 Å². The van der Waals surface area contributed by atoms with Gasteiger partial charge in [0, 0.05) is 23.5 Å². The molecule has 2 aromatic carbocycles. The molecule has 0 spiro atoms. The summed E-state index contributed by atoms with van der Waals surface area (Å²) in [6, 6.07) is 15.7. The first-order valence-corrected chi connectivity index (χ1v) is 12.0. The Balaban J connectivity index is 1.85. The first kappa shape index (κ1) is 24.6. The molecule has 2 amide bonds. The Hall–Kier alpha value is -2.99. The third-order valence-corrected chi connectivity index (χ3v) is 6.52. The van der Waals surface area contributed by atoms with Gasteiger partial charge in [0.1, 0.15) is 12.4 Å². The summed E-state index contributed by atoms with van der Waals surface area (Å²) in [4.78, 5) is 31.4. The van der Waals surface area contributed by atoms with Crippen LogP contribution in [0.5, 0.6) is 0 Å². The first-order chi connectivity index (χ1) is 15.7. The van der Waals surface area contributed by atoms with Crippen molar-refractivity contribution in [2.75, 3.05) is 13.1 Å². The SMILES string of the molecule is Cc1ccccc1C(=O)N(CC(=O)N(Cc1ccc(F)cc1)Cc1sccc1C)CC(C)C. The van der Waals surface area contributed by atoms with Gasteiger partial charge < -0.3 is 9.80 Å². The Labute approximate surface area is 199 Å². The second-order valence-corrected chi connectivity index (χ2v) is 9.80. The summed E-state index contributed by atoms with van der Waals surface area (Å²) in [6.07, 6.45) is 0. The van der Waals surface area contributed by atoms with E-state index in [1.54, 1.807) is 39.3 Å². The number of rotatable bonds is 9. The Bertz CT molecular complexity index is 1090. The number of nitrogens with zero attached hydrogens (tertiary/aromatic N) is 2. The molecule has 0 aliphatic rings. The van der Waals surface area contributed by atoms with Crippen molar-refractivity contribution in [3.8, 4) is 0 Å². The second-order valence-electron chi connectivity index (χ2n) is 8.80. The number of halogens is 1. The molecule has 33 heavy (non-hydrogen) atoms. The van der Waals surface area contributed by atoms with Gasteiger partial charge in [0.25, 0.3) is 5.91 Å². The number of hydrogen-bond acceptors (Lipinski definition) is 3. The molecule has 1 aromatic heterocycles. The molecule has 0 unspecified atom stereocenters. The lowest BCUT2D eigenvalue weighted by molar-refractivity contribution is -0.133. The number of thiophene rings is 1. The third-order valence-electron chi connectivity index (χ3n) is 5.52. The zero-order valence-corrected chi connectivity index (χ0v) is 20.5. The van der Waals surface area contributed by atoms with Gasteiger partial charge in [0.2, 0.25) is 5.91 Å². The minimum atomic E-state index is -0.308. The van der Waals surface area contributed by atoms with Crippen molar-refractivity contribution in [3.05, 3.63) is 92.9 Å². The second kappa shape index (κ2) is 11.2. The lowest BCUT2D eigenvalue weighted by Crippen LogP contribution is -2.44. The number of carbonyl (C=O) groups excluding carboxylic acids is 2. The first-order valence-electron chi connectivity index (χ1n) is 11.1. The molecule has 0 bridgehead atoms. The van der Waals surface area contributed by atoms with E-state index in [1.807, 2.05) is 57.3 Å². The van der Waals surface area contributed by atoms with Crippen LogP contribution in [0.3, 0.4) is 0 Å². The Morgan fingerprint density at radius 3 is 2.21 bits per heavy atom. The van der Waals surface area contributed by atoms with E-state index >= 15 is 0 Å². The number of benzene rings is 2. The van der Waals surface area contributed by atoms with Crippen molar-refractivity contribution in [2.45, 2.75) is 40.8 Å². The van der Waals surface area contributed by atoms with Crippen molar-refractivity contribution >= 4 is 23.2 Å². The van der Waals surface area contributed by atoms with E-state index < -0.39 is 0 Å². The van der Waals surface area contributed by atoms with Crippen LogP contribution in [0.15, 0.2) is 60.0 Å². The molecule has 0 saturated heterocycles. The molecular weight excluding hydrogens is 435 g/mol. The topological polar surface area (TPSA) is 40.6 Å². The van der Waals surface area contributed by atoms with Gasteiger partial charge in [-0.3, -0.25) is 9.59 Å². The molecule has 3 aromatic rings. The summed E-state index contributed by atoms with van der Waals surface area (Å²) >= 11 is 1.61. The molecule has 0 saturated carbocycles. The Morgan fingerprint density at radius 1 is 0.909 bits per heavy atom. The zero-order valence-electron chi connectivity index (χ0n) is 19.7. The van der Waals surface area contributed by atoms with Crippen LogP contribution in [0.25, 0.3) is 0 Å². The number of amides is 2. The molecule has 0 fully saturated rings. The van der Waals surface area contributed by atoms with Crippen molar-refractivity contribution in [3.63, 3.8) is 0 Å². The van der Waals surface area contributed by atoms with Crippen molar-refractivity contribution < 1.29 is 14.0 Å². The van der Waals surface area contributed by atoms with Crippen LogP contribution in [-0.2, 0) is 17.9 Å². The molecular formula is C27H31FN2O2S. The molecule has 4 nitrogen and oxygen atoms in total. The van der Waals surface area contributed by atoms with E-state index in [-0.39, 0.29) is 30.1 Å². The highest BCUT2D eigenvalue weighted by molar-refractivity contribution is 7.10. The molecule has 174 valence electrons. The maximum absolute atomic E-state index is 13.5. The monoisotopic (exact) mass is 466 g/mol. The number of hydrogen-bond donors (Lipinski definition) is 0. The smallest absolute Gasteiger partial charge is 0.254 e. The fourth-order valence-corrected chi connectivity index (χ4v) is 4.61. The quantitative estimate of drug-likeness (QED) is 0.398. The van der Waals surface area contributed by atoms with E-state index in [0.717, 1.165) is 21.6 Å². The van der Waals surface area contributed by atoms with Gasteiger partial charge in [-0.1, -0.05) is 44.2 Å². The lowest BCUT2D eigenvalue weighted by atomic mass is 10.1. The largest absolute Gasteiger partial charge is 0.332 e. The van der Waals surface area contributed by atoms with Crippen LogP contribution < -0.4 is 0 Å². The van der Waals surface area contributed by atoms with E-state index in [2.05, 4.69) is 0 Å². The van der Waals surface area contributed by atoms with Gasteiger partial charge in [-0.25, -0.2) is 4.39 Å². The highest BCUT2D eigenvalue weighted by Gasteiger charge is 2.24. The van der Waals surface area contributed by atoms with Crippen molar-refractivity contribution in [1.82, 2.24) is 9.80 Å². The fourth-order valence-electron chi connectivity index (χ4n) is 3.69. The minimum absolute atomic E-state index is 0.00301. The summed E-state index contributed by atoms with van der Waals surface area (Å²) < 4.78 is 13.4. The average molecular weight is 467 g/mol. The van der Waals surface area contributed by atoms with Crippen LogP contribution in [0.2, 0.25) is 0 Å². The minimum Gasteiger partial charge on any atom is -0.332 e. The summed E-state index contributed by atoms with van der Waals surface area (Å²) in [6.45, 7) is 9.29. The van der Waals surface area contributed by atoms with Crippen LogP contribution in [0.1, 0.15) is 45.8 Å². The highest BCUT2D eigenvalue weighted by atomic mass is 32.1. The van der Waals surface area contributed by atoms with Crippen LogP contribution in [0.4, 0.5) is 4.39 Å². The maximum Gasteiger partial charge on any atom is 0.254 e. The predicted octanol–water partition coefficient (Wildman–Crippen LogP) is 5.83. The standard InChI is InChI=1S/C27H31FN2O2S/c1-19(2)15-30(27(32)24-8-6-5-7-20(24)3)18-26(31)29(17-25-21(4)13-14-33-25)16-22-9-11-23(28)12-10-22/h5-14,19H,15-18H2,1-4H3. The third kappa shape index (κ3) is 6.75. The molecule has 0 radical (unpaired) electrons. The normalized spacial score (nSPS) is 11.0. The molecule has 0 aliphatic heterocycles. The maximum atomic E-state index is 13.5. The lowest BCUT2D eigenvalue weighted by Gasteiger charge is -2.29. The van der Waals surface area contributed by atoms with Gasteiger partial charge in [-0.05, 0) is 66.1 Å². The Morgan fingerprint density at radius 2 is 1.61 bits per heavy atom. The highest BCUT2D eigenvalue weighted by Crippen LogP contribution is 2.20. The molecule has 3 rings (SSSR count). The van der Waals surface area contributed by atoms with Crippen LogP contribution >= 0.6 is 11.3 Å². The van der Waals surface area contributed by atoms with Crippen LogP contribution in [-0.4, -0.2) is 34.7 Å². The predicted molar refractivity (Wildman–Crippen MR) is 132 cm³/mol. The molecule has 6 heteroatoms. The van der Waals surface area contributed by atoms with Crippen molar-refractivity contribution in [2.24, 2.45) is 5.92 Å². The number of aryl methyl sites for hydroxylation is 2. The van der Waals surface area contributed by atoms with Gasteiger partial charge in [-0.2, -0.15) is 0 Å². The molecule has 0 N–H and O–H groups in total. The van der Waals surface area contributed by atoms with Gasteiger partial charge >= 0.3 is 0 Å². The zero-order chi connectivity index (χ0) is 24.0. The van der Waals surface area contributed by atoms with E-state index in [0.29, 0.717) is 25.2 Å². The summed E-state index contributed by atoms with van der Waals surface area (Å²) in [5.41, 5.74) is 3.48. The Kier molecular flexibility index (Phi) is 8.39. The summed E-state index contributed by atoms with van der Waals surface area (Å²) in [7, 11) is 0. The van der Waals surface area contributed by atoms with E-state index in [9.17, 15) is 14.0 Å². The van der Waals surface area contributed by atoms with Crippen molar-refractivity contribution in [1.29, 1.82) is 0 Å². The van der Waals surface area contributed by atoms with Gasteiger partial charge in [-0.15, -0.1) is 11.3 Å². The van der Waals surface area contributed by atoms with Crippen LogP contribution in [0, 0.1) is 25.6 Å². The van der Waals surface area contributed by atoms with E-state index in [4.69, 9.17) is 0 Å². The molecule has 0 aliphatic carbocycles. The van der Waals surface area contributed by atoms with E-state index in [1.165, 1.54) is 12.1 Å². The average Bonchev–Trinajstić information content (AvgIpc) is 3.18.